The van der Waals surface area contributed by atoms with Crippen molar-refractivity contribution >= 4 is 11.9 Å². The number of amides is 1. The summed E-state index contributed by atoms with van der Waals surface area (Å²) < 4.78 is 5.69. The summed E-state index contributed by atoms with van der Waals surface area (Å²) in [4.78, 5) is 28.0. The maximum atomic E-state index is 14.0. The van der Waals surface area contributed by atoms with Crippen molar-refractivity contribution < 1.29 is 9.53 Å². The van der Waals surface area contributed by atoms with Crippen LogP contribution < -0.4 is 5.32 Å². The van der Waals surface area contributed by atoms with Crippen LogP contribution in [0.5, 0.6) is 0 Å². The van der Waals surface area contributed by atoms with Crippen LogP contribution in [0.15, 0.2) is 36.5 Å². The van der Waals surface area contributed by atoms with Crippen LogP contribution in [-0.4, -0.2) is 70.6 Å². The normalized spacial score (nSPS) is 31.1. The molecule has 1 aromatic heterocycles. The molecule has 0 radical (unpaired) electrons. The van der Waals surface area contributed by atoms with E-state index in [4.69, 9.17) is 9.72 Å². The Morgan fingerprint density at radius 2 is 1.92 bits per heavy atom. The van der Waals surface area contributed by atoms with Gasteiger partial charge in [-0.2, -0.15) is 0 Å². The van der Waals surface area contributed by atoms with Crippen LogP contribution in [0.3, 0.4) is 0 Å². The first-order chi connectivity index (χ1) is 17.3. The minimum absolute atomic E-state index is 0.00404. The molecule has 7 nitrogen and oxygen atoms in total. The number of carbonyl (C=O) groups is 1. The summed E-state index contributed by atoms with van der Waals surface area (Å²) in [6.45, 7) is 6.79. The zero-order valence-corrected chi connectivity index (χ0v) is 22.2. The number of hydrogen-bond donors (Lipinski definition) is 1. The zero-order chi connectivity index (χ0) is 25.3. The Balaban J connectivity index is 1.30. The van der Waals surface area contributed by atoms with E-state index in [-0.39, 0.29) is 29.4 Å². The summed E-state index contributed by atoms with van der Waals surface area (Å²) in [6, 6.07) is 11.1. The first-order valence-electron chi connectivity index (χ1n) is 13.6. The molecule has 3 atom stereocenters. The van der Waals surface area contributed by atoms with E-state index >= 15 is 0 Å². The number of benzene rings is 1. The van der Waals surface area contributed by atoms with E-state index in [1.807, 2.05) is 19.4 Å². The molecule has 3 heterocycles. The molecule has 3 aliphatic rings. The number of nitrogens with one attached hydrogen (secondary N) is 1. The van der Waals surface area contributed by atoms with E-state index in [0.717, 1.165) is 62.9 Å². The highest BCUT2D eigenvalue weighted by atomic mass is 16.5. The zero-order valence-electron chi connectivity index (χ0n) is 22.2. The number of ether oxygens (including phenoxy) is 1. The molecule has 36 heavy (non-hydrogen) atoms. The van der Waals surface area contributed by atoms with Gasteiger partial charge in [0, 0.05) is 43.8 Å². The minimum atomic E-state index is -0.0164. The number of likely N-dealkylation sites (tertiary alicyclic amines) is 1. The monoisotopic (exact) mass is 491 g/mol. The fraction of sp³-hybridized carbons (Fsp3) is 0.621. The minimum Gasteiger partial charge on any atom is -0.379 e. The molecule has 5 rings (SSSR count). The van der Waals surface area contributed by atoms with Gasteiger partial charge < -0.3 is 19.9 Å². The first-order valence-corrected chi connectivity index (χ1v) is 13.6. The van der Waals surface area contributed by atoms with Gasteiger partial charge >= 0.3 is 0 Å². The molecule has 0 unspecified atom stereocenters. The van der Waals surface area contributed by atoms with Crippen LogP contribution in [0.1, 0.15) is 68.7 Å². The second-order valence-corrected chi connectivity index (χ2v) is 11.4. The lowest BCUT2D eigenvalue weighted by Gasteiger charge is -2.42. The third-order valence-electron chi connectivity index (χ3n) is 8.83. The maximum absolute atomic E-state index is 14.0. The van der Waals surface area contributed by atoms with Crippen molar-refractivity contribution in [3.8, 4) is 0 Å². The topological polar surface area (TPSA) is 70.6 Å². The summed E-state index contributed by atoms with van der Waals surface area (Å²) >= 11 is 0. The number of fused-ring (bicyclic) bond motifs is 1. The SMILES string of the molecule is COC1(C)CCC(Nc2ncc3c(n2)CN(C(=O)[C@H]2CCN(C)C[C@@H]2c2ccccc2)[C@H](C)C3)CC1. The van der Waals surface area contributed by atoms with Gasteiger partial charge in [0.1, 0.15) is 0 Å². The molecular weight excluding hydrogens is 450 g/mol. The van der Waals surface area contributed by atoms with Crippen LogP contribution in [0.2, 0.25) is 0 Å². The third-order valence-corrected chi connectivity index (χ3v) is 8.83. The summed E-state index contributed by atoms with van der Waals surface area (Å²) in [5, 5.41) is 3.56. The molecule has 2 aliphatic heterocycles. The van der Waals surface area contributed by atoms with Crippen LogP contribution in [-0.2, 0) is 22.5 Å². The van der Waals surface area contributed by atoms with Gasteiger partial charge in [-0.15, -0.1) is 0 Å². The molecule has 0 bridgehead atoms. The Morgan fingerprint density at radius 1 is 1.17 bits per heavy atom. The van der Waals surface area contributed by atoms with Crippen molar-refractivity contribution in [2.75, 3.05) is 32.6 Å². The van der Waals surface area contributed by atoms with Crippen molar-refractivity contribution in [1.82, 2.24) is 19.8 Å². The Morgan fingerprint density at radius 3 is 2.64 bits per heavy atom. The van der Waals surface area contributed by atoms with Gasteiger partial charge in [0.05, 0.1) is 17.8 Å². The number of methoxy groups -OCH3 is 1. The summed E-state index contributed by atoms with van der Waals surface area (Å²) in [7, 11) is 3.96. The van der Waals surface area contributed by atoms with Crippen molar-refractivity contribution in [2.45, 2.75) is 82.5 Å². The Hall–Kier alpha value is -2.51. The molecule has 0 spiro atoms. The number of anilines is 1. The smallest absolute Gasteiger partial charge is 0.227 e. The average molecular weight is 492 g/mol. The molecule has 194 valence electrons. The number of likely N-dealkylation sites (N-methyl/N-ethyl adjacent to an activating group) is 1. The highest BCUT2D eigenvalue weighted by Gasteiger charge is 2.39. The number of nitrogens with zero attached hydrogens (tertiary/aromatic N) is 4. The van der Waals surface area contributed by atoms with Gasteiger partial charge in [-0.1, -0.05) is 30.3 Å². The van der Waals surface area contributed by atoms with Crippen LogP contribution in [0, 0.1) is 5.92 Å². The van der Waals surface area contributed by atoms with Crippen LogP contribution in [0.25, 0.3) is 0 Å². The van der Waals surface area contributed by atoms with Crippen molar-refractivity contribution in [3.05, 3.63) is 53.3 Å². The van der Waals surface area contributed by atoms with E-state index in [0.29, 0.717) is 18.5 Å². The van der Waals surface area contributed by atoms with E-state index in [1.165, 1.54) is 5.56 Å². The summed E-state index contributed by atoms with van der Waals surface area (Å²) in [6.07, 6.45) is 7.82. The second-order valence-electron chi connectivity index (χ2n) is 11.4. The highest BCUT2D eigenvalue weighted by molar-refractivity contribution is 5.80. The van der Waals surface area contributed by atoms with Gasteiger partial charge in [-0.25, -0.2) is 9.97 Å². The third kappa shape index (κ3) is 5.28. The summed E-state index contributed by atoms with van der Waals surface area (Å²) in [5.41, 5.74) is 3.40. The van der Waals surface area contributed by atoms with E-state index < -0.39 is 0 Å². The molecule has 1 saturated carbocycles. The van der Waals surface area contributed by atoms with Crippen molar-refractivity contribution in [3.63, 3.8) is 0 Å². The van der Waals surface area contributed by atoms with Gasteiger partial charge in [0.2, 0.25) is 11.9 Å². The maximum Gasteiger partial charge on any atom is 0.227 e. The van der Waals surface area contributed by atoms with E-state index in [2.05, 4.69) is 65.3 Å². The lowest BCUT2D eigenvalue weighted by atomic mass is 9.79. The lowest BCUT2D eigenvalue weighted by Crippen LogP contribution is -2.50. The molecule has 1 N–H and O–H groups in total. The van der Waals surface area contributed by atoms with Gasteiger partial charge in [0.25, 0.3) is 0 Å². The molecule has 1 aromatic carbocycles. The Kier molecular flexibility index (Phi) is 7.31. The standard InChI is InChI=1S/C29H41N5O2/c1-20-16-22-17-30-28(31-23-10-13-29(2,36-4)14-11-23)32-26(22)19-34(20)27(35)24-12-15-33(3)18-25(24)21-8-6-5-7-9-21/h5-9,17,20,23-25H,10-16,18-19H2,1-4H3,(H,30,31,32)/t20-,23?,24+,25-,29?/m1/s1. The van der Waals surface area contributed by atoms with Crippen molar-refractivity contribution in [1.29, 1.82) is 0 Å². The number of piperidine rings is 1. The number of carbonyl (C=O) groups excluding carboxylic acids is 1. The fourth-order valence-electron chi connectivity index (χ4n) is 6.28. The number of aromatic nitrogens is 2. The van der Waals surface area contributed by atoms with Gasteiger partial charge in [-0.3, -0.25) is 4.79 Å². The van der Waals surface area contributed by atoms with Crippen molar-refractivity contribution in [2.24, 2.45) is 5.92 Å². The van der Waals surface area contributed by atoms with Gasteiger partial charge in [0.15, 0.2) is 0 Å². The Bertz CT molecular complexity index is 1050. The van der Waals surface area contributed by atoms with E-state index in [9.17, 15) is 4.79 Å². The molecule has 1 saturated heterocycles. The van der Waals surface area contributed by atoms with Crippen LogP contribution in [0.4, 0.5) is 5.95 Å². The quantitative estimate of drug-likeness (QED) is 0.675. The Labute approximate surface area is 215 Å². The average Bonchev–Trinajstić information content (AvgIpc) is 2.90. The lowest BCUT2D eigenvalue weighted by molar-refractivity contribution is -0.141. The summed E-state index contributed by atoms with van der Waals surface area (Å²) in [5.74, 6) is 1.18. The number of hydrogen-bond acceptors (Lipinski definition) is 6. The molecule has 1 aliphatic carbocycles. The molecule has 1 amide bonds. The van der Waals surface area contributed by atoms with Gasteiger partial charge in [-0.05, 0) is 77.1 Å². The second kappa shape index (κ2) is 10.5. The molecule has 7 heteroatoms. The first kappa shape index (κ1) is 25.2. The van der Waals surface area contributed by atoms with Crippen LogP contribution >= 0.6 is 0 Å². The van der Waals surface area contributed by atoms with E-state index in [1.54, 1.807) is 0 Å². The fourth-order valence-corrected chi connectivity index (χ4v) is 6.28. The molecule has 2 fully saturated rings. The predicted molar refractivity (Wildman–Crippen MR) is 142 cm³/mol. The predicted octanol–water partition coefficient (Wildman–Crippen LogP) is 4.24. The largest absolute Gasteiger partial charge is 0.379 e. The molecular formula is C29H41N5O2. The highest BCUT2D eigenvalue weighted by Crippen LogP contribution is 2.36. The number of rotatable bonds is 5. The molecule has 2 aromatic rings.